The smallest absolute Gasteiger partial charge is 0.135 e. The fraction of sp³-hybridized carbons (Fsp3) is 0.231. The third-order valence-electron chi connectivity index (χ3n) is 2.31. The van der Waals surface area contributed by atoms with Crippen molar-refractivity contribution in [3.05, 3.63) is 52.2 Å². The van der Waals surface area contributed by atoms with E-state index in [1.165, 1.54) is 6.33 Å². The number of allylic oxidation sites excluding steroid dienone is 4. The Labute approximate surface area is 117 Å². The summed E-state index contributed by atoms with van der Waals surface area (Å²) in [5.41, 5.74) is 8.74. The number of hydrogen-bond acceptors (Lipinski definition) is 3. The van der Waals surface area contributed by atoms with Gasteiger partial charge in [0, 0.05) is 21.9 Å². The van der Waals surface area contributed by atoms with Gasteiger partial charge in [0.05, 0.1) is 5.69 Å². The summed E-state index contributed by atoms with van der Waals surface area (Å²) in [7, 11) is 0. The first kappa shape index (κ1) is 14.7. The standard InChI is InChI=1S/C13H15Cl2N3/c1-4-5-11(16)10(6-8(2)14)12-9(3)13(15)18-7-17-12/h5-7H,2,4,16H2,1,3H3/b10-6+,11-5+. The molecule has 0 aliphatic rings. The average molecular weight is 284 g/mol. The Bertz CT molecular complexity index is 519. The first-order valence-electron chi connectivity index (χ1n) is 5.47. The number of nitrogens with two attached hydrogens (primary N) is 1. The van der Waals surface area contributed by atoms with Crippen LogP contribution < -0.4 is 5.73 Å². The van der Waals surface area contributed by atoms with Crippen LogP contribution in [-0.4, -0.2) is 9.97 Å². The van der Waals surface area contributed by atoms with Crippen LogP contribution in [0.1, 0.15) is 24.6 Å². The summed E-state index contributed by atoms with van der Waals surface area (Å²) >= 11 is 11.8. The van der Waals surface area contributed by atoms with Gasteiger partial charge in [0.25, 0.3) is 0 Å². The Balaban J connectivity index is 3.41. The lowest BCUT2D eigenvalue weighted by Gasteiger charge is -2.10. The normalized spacial score (nSPS) is 12.7. The highest BCUT2D eigenvalue weighted by atomic mass is 35.5. The van der Waals surface area contributed by atoms with Crippen molar-refractivity contribution in [1.82, 2.24) is 9.97 Å². The quantitative estimate of drug-likeness (QED) is 0.675. The van der Waals surface area contributed by atoms with E-state index in [9.17, 15) is 0 Å². The van der Waals surface area contributed by atoms with Crippen molar-refractivity contribution < 1.29 is 0 Å². The largest absolute Gasteiger partial charge is 0.398 e. The Hall–Kier alpha value is -1.32. The van der Waals surface area contributed by atoms with Crippen LogP contribution in [0.4, 0.5) is 0 Å². The molecule has 3 nitrogen and oxygen atoms in total. The molecule has 0 saturated heterocycles. The predicted molar refractivity (Wildman–Crippen MR) is 77.3 cm³/mol. The summed E-state index contributed by atoms with van der Waals surface area (Å²) in [6, 6.07) is 0. The molecule has 18 heavy (non-hydrogen) atoms. The lowest BCUT2D eigenvalue weighted by molar-refractivity contribution is 1.09. The first-order valence-corrected chi connectivity index (χ1v) is 6.22. The second kappa shape index (κ2) is 6.57. The summed E-state index contributed by atoms with van der Waals surface area (Å²) < 4.78 is 0. The van der Waals surface area contributed by atoms with Gasteiger partial charge in [0.15, 0.2) is 0 Å². The predicted octanol–water partition coefficient (Wildman–Crippen LogP) is 3.83. The van der Waals surface area contributed by atoms with Crippen LogP contribution in [0.15, 0.2) is 35.8 Å². The molecule has 1 aromatic rings. The maximum Gasteiger partial charge on any atom is 0.135 e. The molecule has 5 heteroatoms. The molecule has 0 saturated carbocycles. The molecule has 96 valence electrons. The van der Waals surface area contributed by atoms with Gasteiger partial charge in [-0.1, -0.05) is 42.8 Å². The van der Waals surface area contributed by atoms with E-state index < -0.39 is 0 Å². The van der Waals surface area contributed by atoms with Crippen molar-refractivity contribution in [3.8, 4) is 0 Å². The molecule has 0 spiro atoms. The lowest BCUT2D eigenvalue weighted by Crippen LogP contribution is -2.05. The minimum Gasteiger partial charge on any atom is -0.398 e. The van der Waals surface area contributed by atoms with Crippen LogP contribution >= 0.6 is 23.2 Å². The molecule has 0 atom stereocenters. The zero-order chi connectivity index (χ0) is 13.7. The van der Waals surface area contributed by atoms with E-state index in [0.29, 0.717) is 27.1 Å². The molecule has 0 aliphatic carbocycles. The van der Waals surface area contributed by atoms with Gasteiger partial charge in [-0.25, -0.2) is 9.97 Å². The molecule has 1 rings (SSSR count). The van der Waals surface area contributed by atoms with Gasteiger partial charge >= 0.3 is 0 Å². The van der Waals surface area contributed by atoms with Crippen LogP contribution in [0.5, 0.6) is 0 Å². The lowest BCUT2D eigenvalue weighted by atomic mass is 10.0. The van der Waals surface area contributed by atoms with E-state index in [4.69, 9.17) is 28.9 Å². The fourth-order valence-electron chi connectivity index (χ4n) is 1.48. The molecule has 2 N–H and O–H groups in total. The van der Waals surface area contributed by atoms with Crippen molar-refractivity contribution in [1.29, 1.82) is 0 Å². The van der Waals surface area contributed by atoms with Crippen molar-refractivity contribution in [2.45, 2.75) is 20.3 Å². The van der Waals surface area contributed by atoms with Gasteiger partial charge in [-0.05, 0) is 19.4 Å². The molecule has 0 radical (unpaired) electrons. The van der Waals surface area contributed by atoms with E-state index >= 15 is 0 Å². The summed E-state index contributed by atoms with van der Waals surface area (Å²) in [6.45, 7) is 7.48. The van der Waals surface area contributed by atoms with Crippen LogP contribution in [0.25, 0.3) is 5.57 Å². The third kappa shape index (κ3) is 3.59. The van der Waals surface area contributed by atoms with Crippen molar-refractivity contribution >= 4 is 28.8 Å². The average Bonchev–Trinajstić information content (AvgIpc) is 2.30. The summed E-state index contributed by atoms with van der Waals surface area (Å²) in [4.78, 5) is 8.13. The van der Waals surface area contributed by atoms with E-state index in [-0.39, 0.29) is 0 Å². The van der Waals surface area contributed by atoms with E-state index in [0.717, 1.165) is 12.0 Å². The Morgan fingerprint density at radius 1 is 1.50 bits per heavy atom. The van der Waals surface area contributed by atoms with E-state index in [2.05, 4.69) is 16.5 Å². The van der Waals surface area contributed by atoms with Crippen molar-refractivity contribution in [2.75, 3.05) is 0 Å². The van der Waals surface area contributed by atoms with Gasteiger partial charge in [-0.3, -0.25) is 0 Å². The topological polar surface area (TPSA) is 51.8 Å². The summed E-state index contributed by atoms with van der Waals surface area (Å²) in [5.74, 6) is 0. The molecule has 0 aliphatic heterocycles. The highest BCUT2D eigenvalue weighted by Crippen LogP contribution is 2.26. The summed E-state index contributed by atoms with van der Waals surface area (Å²) in [6.07, 6.45) is 5.78. The maximum atomic E-state index is 6.02. The van der Waals surface area contributed by atoms with Crippen LogP contribution in [0, 0.1) is 6.92 Å². The second-order valence-electron chi connectivity index (χ2n) is 3.71. The Morgan fingerprint density at radius 3 is 2.72 bits per heavy atom. The SMILES string of the molecule is C=C(Cl)/C=C(\C(N)=C/CC)c1ncnc(Cl)c1C. The third-order valence-corrected chi connectivity index (χ3v) is 2.80. The molecule has 0 bridgehead atoms. The van der Waals surface area contributed by atoms with Gasteiger partial charge in [0.1, 0.15) is 11.5 Å². The highest BCUT2D eigenvalue weighted by molar-refractivity contribution is 6.31. The maximum absolute atomic E-state index is 6.02. The van der Waals surface area contributed by atoms with Crippen molar-refractivity contribution in [2.24, 2.45) is 5.73 Å². The summed E-state index contributed by atoms with van der Waals surface area (Å²) in [5, 5.41) is 0.780. The minimum absolute atomic E-state index is 0.381. The van der Waals surface area contributed by atoms with Crippen molar-refractivity contribution in [3.63, 3.8) is 0 Å². The molecule has 0 fully saturated rings. The van der Waals surface area contributed by atoms with Gasteiger partial charge in [-0.2, -0.15) is 0 Å². The molecular weight excluding hydrogens is 269 g/mol. The Morgan fingerprint density at radius 2 is 2.17 bits per heavy atom. The monoisotopic (exact) mass is 283 g/mol. The molecule has 0 amide bonds. The molecular formula is C13H15Cl2N3. The number of halogens is 2. The molecule has 1 aromatic heterocycles. The molecule has 0 aromatic carbocycles. The Kier molecular flexibility index (Phi) is 5.38. The number of aromatic nitrogens is 2. The second-order valence-corrected chi connectivity index (χ2v) is 4.55. The van der Waals surface area contributed by atoms with Gasteiger partial charge < -0.3 is 5.73 Å². The zero-order valence-corrected chi connectivity index (χ0v) is 11.9. The minimum atomic E-state index is 0.381. The van der Waals surface area contributed by atoms with Gasteiger partial charge in [-0.15, -0.1) is 0 Å². The zero-order valence-electron chi connectivity index (χ0n) is 10.4. The molecule has 1 heterocycles. The highest BCUT2D eigenvalue weighted by Gasteiger charge is 2.12. The number of hydrogen-bond donors (Lipinski definition) is 1. The van der Waals surface area contributed by atoms with Crippen LogP contribution in [0.2, 0.25) is 5.15 Å². The van der Waals surface area contributed by atoms with Gasteiger partial charge in [0.2, 0.25) is 0 Å². The number of rotatable bonds is 4. The van der Waals surface area contributed by atoms with E-state index in [1.54, 1.807) is 6.08 Å². The van der Waals surface area contributed by atoms with E-state index in [1.807, 2.05) is 19.9 Å². The number of nitrogens with zero attached hydrogens (tertiary/aromatic N) is 2. The molecule has 0 unspecified atom stereocenters. The van der Waals surface area contributed by atoms with Crippen LogP contribution in [-0.2, 0) is 0 Å². The first-order chi connectivity index (χ1) is 8.47. The fourth-order valence-corrected chi connectivity index (χ4v) is 1.72. The van der Waals surface area contributed by atoms with Crippen LogP contribution in [0.3, 0.4) is 0 Å².